The first kappa shape index (κ1) is 20.8. The third-order valence-electron chi connectivity index (χ3n) is 4.69. The van der Waals surface area contributed by atoms with Crippen LogP contribution in [0.5, 0.6) is 5.75 Å². The van der Waals surface area contributed by atoms with Crippen molar-refractivity contribution in [2.24, 2.45) is 5.10 Å². The zero-order valence-corrected chi connectivity index (χ0v) is 17.5. The highest BCUT2D eigenvalue weighted by molar-refractivity contribution is 8.15. The molecule has 3 rings (SSSR count). The van der Waals surface area contributed by atoms with Crippen LogP contribution in [0.25, 0.3) is 0 Å². The molecule has 10 heteroatoms. The molecule has 1 aromatic carbocycles. The number of benzene rings is 1. The van der Waals surface area contributed by atoms with E-state index in [1.807, 2.05) is 0 Å². The summed E-state index contributed by atoms with van der Waals surface area (Å²) in [6.07, 6.45) is 0.419. The van der Waals surface area contributed by atoms with Crippen LogP contribution in [0.1, 0.15) is 45.6 Å². The number of hydrazone groups is 1. The van der Waals surface area contributed by atoms with Gasteiger partial charge in [0.15, 0.2) is 5.17 Å². The largest absolute Gasteiger partial charge is 0.497 e. The molecule has 1 unspecified atom stereocenters. The summed E-state index contributed by atoms with van der Waals surface area (Å²) in [6.45, 7) is 4.99. The number of thioether (sulfide) groups is 1. The van der Waals surface area contributed by atoms with Gasteiger partial charge in [-0.05, 0) is 30.0 Å². The van der Waals surface area contributed by atoms with E-state index in [-0.39, 0.29) is 30.3 Å². The van der Waals surface area contributed by atoms with Crippen molar-refractivity contribution in [1.82, 2.24) is 10.3 Å². The van der Waals surface area contributed by atoms with E-state index in [0.717, 1.165) is 21.7 Å². The van der Waals surface area contributed by atoms with E-state index in [1.54, 1.807) is 39.0 Å². The highest BCUT2D eigenvalue weighted by atomic mass is 32.2. The van der Waals surface area contributed by atoms with Crippen molar-refractivity contribution in [3.8, 4) is 5.75 Å². The molecule has 29 heavy (non-hydrogen) atoms. The molecule has 0 radical (unpaired) electrons. The summed E-state index contributed by atoms with van der Waals surface area (Å²) in [4.78, 5) is 50.3. The van der Waals surface area contributed by atoms with Gasteiger partial charge in [0.2, 0.25) is 22.6 Å². The Morgan fingerprint density at radius 3 is 2.41 bits per heavy atom. The number of methoxy groups -OCH3 is 1. The van der Waals surface area contributed by atoms with Gasteiger partial charge >= 0.3 is 0 Å². The molecule has 0 aromatic heterocycles. The van der Waals surface area contributed by atoms with Crippen molar-refractivity contribution in [2.45, 2.75) is 44.9 Å². The van der Waals surface area contributed by atoms with Crippen molar-refractivity contribution in [2.75, 3.05) is 12.0 Å². The van der Waals surface area contributed by atoms with Crippen LogP contribution < -0.4 is 15.0 Å². The molecule has 1 aromatic rings. The topological polar surface area (TPSA) is 108 Å². The van der Waals surface area contributed by atoms with Crippen LogP contribution >= 0.6 is 11.8 Å². The fourth-order valence-corrected chi connectivity index (χ4v) is 4.45. The summed E-state index contributed by atoms with van der Waals surface area (Å²) in [6, 6.07) is 4.89. The van der Waals surface area contributed by atoms with Crippen LogP contribution in [0.2, 0.25) is 0 Å². The molecule has 154 valence electrons. The van der Waals surface area contributed by atoms with Crippen LogP contribution in [0.3, 0.4) is 0 Å². The zero-order valence-electron chi connectivity index (χ0n) is 16.6. The van der Waals surface area contributed by atoms with Gasteiger partial charge in [0.05, 0.1) is 12.8 Å². The Morgan fingerprint density at radius 2 is 1.83 bits per heavy atom. The molecule has 1 N–H and O–H groups in total. The first-order valence-corrected chi connectivity index (χ1v) is 10.1. The van der Waals surface area contributed by atoms with Crippen LogP contribution in [-0.4, -0.2) is 40.9 Å². The molecule has 0 saturated heterocycles. The number of nitrogens with one attached hydrogen (secondary N) is 1. The van der Waals surface area contributed by atoms with Gasteiger partial charge in [0.1, 0.15) is 5.75 Å². The Labute approximate surface area is 172 Å². The average molecular weight is 418 g/mol. The lowest BCUT2D eigenvalue weighted by Crippen LogP contribution is -2.50. The van der Waals surface area contributed by atoms with E-state index < -0.39 is 22.6 Å². The minimum Gasteiger partial charge on any atom is -0.497 e. The fourth-order valence-electron chi connectivity index (χ4n) is 3.20. The molecule has 0 bridgehead atoms. The van der Waals surface area contributed by atoms with Crippen molar-refractivity contribution in [1.29, 1.82) is 0 Å². The maximum Gasteiger partial charge on any atom is 0.277 e. The van der Waals surface area contributed by atoms with Gasteiger partial charge in [-0.15, -0.1) is 5.10 Å². The maximum absolute atomic E-state index is 13.6. The van der Waals surface area contributed by atoms with Crippen LogP contribution in [0, 0.1) is 0 Å². The average Bonchev–Trinajstić information content (AvgIpc) is 3.23. The van der Waals surface area contributed by atoms with E-state index in [1.165, 1.54) is 7.11 Å². The second-order valence-corrected chi connectivity index (χ2v) is 7.56. The van der Waals surface area contributed by atoms with Gasteiger partial charge in [0.25, 0.3) is 5.91 Å². The molecule has 4 amide bonds. The van der Waals surface area contributed by atoms with Crippen molar-refractivity contribution >= 4 is 46.2 Å². The Balaban J connectivity index is 2.20. The van der Waals surface area contributed by atoms with Crippen LogP contribution in [-0.2, 0) is 24.0 Å². The summed E-state index contributed by atoms with van der Waals surface area (Å²) in [5, 5.41) is 8.07. The van der Waals surface area contributed by atoms with Gasteiger partial charge in [-0.3, -0.25) is 19.2 Å². The Morgan fingerprint density at radius 1 is 1.14 bits per heavy atom. The number of ether oxygens (including phenoxy) is 1. The van der Waals surface area contributed by atoms with E-state index in [0.29, 0.717) is 17.0 Å². The molecule has 2 aliphatic rings. The summed E-state index contributed by atoms with van der Waals surface area (Å²) in [5.41, 5.74) is 0.794. The number of anilines is 1. The predicted octanol–water partition coefficient (Wildman–Crippen LogP) is 1.91. The normalized spacial score (nSPS) is 20.0. The molecule has 2 heterocycles. The highest BCUT2D eigenvalue weighted by Crippen LogP contribution is 2.55. The number of carbonyl (C=O) groups excluding carboxylic acids is 4. The number of nitrogens with zero attached hydrogens (tertiary/aromatic N) is 3. The van der Waals surface area contributed by atoms with Gasteiger partial charge in [-0.25, -0.2) is 4.90 Å². The van der Waals surface area contributed by atoms with Crippen molar-refractivity contribution in [3.63, 3.8) is 0 Å². The molecule has 0 saturated carbocycles. The van der Waals surface area contributed by atoms with E-state index in [9.17, 15) is 19.2 Å². The quantitative estimate of drug-likeness (QED) is 0.800. The molecule has 9 nitrogen and oxygen atoms in total. The standard InChI is InChI=1S/C19H22N4O5S/c1-5-14(24)20-18-21-23(16(26)7-3)19(29-18)12-10-11(28-4)8-9-13(12)22(17(19)27)15(25)6-2/h8-10H,5-7H2,1-4H3,(H,20,21,24). The molecule has 1 atom stereocenters. The van der Waals surface area contributed by atoms with E-state index in [4.69, 9.17) is 4.74 Å². The van der Waals surface area contributed by atoms with E-state index in [2.05, 4.69) is 10.4 Å². The SMILES string of the molecule is CCC(=O)NC1=NN(C(=O)CC)C2(S1)C(=O)N(C(=O)CC)c1ccc(OC)cc12. The summed E-state index contributed by atoms with van der Waals surface area (Å²) in [5.74, 6) is -1.23. The van der Waals surface area contributed by atoms with Crippen LogP contribution in [0.4, 0.5) is 5.69 Å². The smallest absolute Gasteiger partial charge is 0.277 e. The Bertz CT molecular complexity index is 931. The van der Waals surface area contributed by atoms with Crippen molar-refractivity contribution < 1.29 is 23.9 Å². The summed E-state index contributed by atoms with van der Waals surface area (Å²) < 4.78 is 5.30. The van der Waals surface area contributed by atoms with Crippen LogP contribution in [0.15, 0.2) is 23.3 Å². The highest BCUT2D eigenvalue weighted by Gasteiger charge is 2.62. The first-order valence-electron chi connectivity index (χ1n) is 9.30. The first-order chi connectivity index (χ1) is 13.8. The lowest BCUT2D eigenvalue weighted by atomic mass is 10.1. The fraction of sp³-hybridized carbons (Fsp3) is 0.421. The molecule has 0 aliphatic carbocycles. The molecule has 0 fully saturated rings. The molecule has 1 spiro atoms. The third kappa shape index (κ3) is 3.17. The van der Waals surface area contributed by atoms with Gasteiger partial charge in [0, 0.05) is 24.8 Å². The number of amides is 4. The van der Waals surface area contributed by atoms with E-state index >= 15 is 0 Å². The number of amidine groups is 1. The lowest BCUT2D eigenvalue weighted by molar-refractivity contribution is -0.141. The second kappa shape index (κ2) is 7.86. The number of carbonyl (C=O) groups is 4. The number of hydrogen-bond acceptors (Lipinski definition) is 7. The number of imide groups is 1. The van der Waals surface area contributed by atoms with Gasteiger partial charge in [-0.2, -0.15) is 5.01 Å². The minimum atomic E-state index is -1.61. The lowest BCUT2D eigenvalue weighted by Gasteiger charge is -2.29. The number of hydrogen-bond donors (Lipinski definition) is 1. The second-order valence-electron chi connectivity index (χ2n) is 6.38. The molecular weight excluding hydrogens is 396 g/mol. The number of rotatable bonds is 4. The Hall–Kier alpha value is -2.88. The molecular formula is C19H22N4O5S. The third-order valence-corrected chi connectivity index (χ3v) is 5.93. The molecule has 2 aliphatic heterocycles. The number of fused-ring (bicyclic) bond motifs is 2. The van der Waals surface area contributed by atoms with Gasteiger partial charge < -0.3 is 10.1 Å². The maximum atomic E-state index is 13.6. The Kier molecular flexibility index (Phi) is 5.65. The minimum absolute atomic E-state index is 0.0924. The van der Waals surface area contributed by atoms with Crippen molar-refractivity contribution in [3.05, 3.63) is 23.8 Å². The monoisotopic (exact) mass is 418 g/mol. The zero-order chi connectivity index (χ0) is 21.3. The van der Waals surface area contributed by atoms with Gasteiger partial charge in [-0.1, -0.05) is 20.8 Å². The summed E-state index contributed by atoms with van der Waals surface area (Å²) in [7, 11) is 1.49. The summed E-state index contributed by atoms with van der Waals surface area (Å²) >= 11 is 0.942. The predicted molar refractivity (Wildman–Crippen MR) is 108 cm³/mol.